The molecule has 6 heteroatoms. The van der Waals surface area contributed by atoms with Crippen LogP contribution < -0.4 is 15.5 Å². The fourth-order valence-electron chi connectivity index (χ4n) is 3.91. The summed E-state index contributed by atoms with van der Waals surface area (Å²) in [6.07, 6.45) is 0. The normalized spacial score (nSPS) is 19.8. The Morgan fingerprint density at radius 1 is 0.857 bits per heavy atom. The smallest absolute Gasteiger partial charge is 0.278 e. The van der Waals surface area contributed by atoms with E-state index >= 15 is 0 Å². The summed E-state index contributed by atoms with van der Waals surface area (Å²) >= 11 is 0. The van der Waals surface area contributed by atoms with Gasteiger partial charge in [0.25, 0.3) is 11.8 Å². The first-order valence-corrected chi connectivity index (χ1v) is 8.95. The van der Waals surface area contributed by atoms with E-state index in [1.54, 1.807) is 54.6 Å². The highest BCUT2D eigenvalue weighted by atomic mass is 19.1. The van der Waals surface area contributed by atoms with Gasteiger partial charge < -0.3 is 15.5 Å². The fraction of sp³-hybridized carbons (Fsp3) is 0.0909. The van der Waals surface area contributed by atoms with Gasteiger partial charge in [-0.05, 0) is 24.3 Å². The van der Waals surface area contributed by atoms with Crippen LogP contribution >= 0.6 is 0 Å². The maximum atomic E-state index is 14.2. The third-order valence-electron chi connectivity index (χ3n) is 5.25. The molecule has 0 fully saturated rings. The van der Waals surface area contributed by atoms with Gasteiger partial charge >= 0.3 is 0 Å². The average molecular weight is 373 g/mol. The van der Waals surface area contributed by atoms with Crippen LogP contribution in [-0.4, -0.2) is 11.8 Å². The summed E-state index contributed by atoms with van der Waals surface area (Å²) in [5.41, 5.74) is 1.34. The number of fused-ring (bicyclic) bond motifs is 3. The van der Waals surface area contributed by atoms with Gasteiger partial charge in [-0.3, -0.25) is 9.59 Å². The number of rotatable bonds is 2. The van der Waals surface area contributed by atoms with E-state index in [0.29, 0.717) is 28.1 Å². The van der Waals surface area contributed by atoms with Crippen molar-refractivity contribution in [3.63, 3.8) is 0 Å². The molecular formula is C22H16FN3O2. The molecule has 0 saturated heterocycles. The average Bonchev–Trinajstić information content (AvgIpc) is 2.92. The maximum absolute atomic E-state index is 14.2. The van der Waals surface area contributed by atoms with Crippen molar-refractivity contribution in [3.05, 3.63) is 95.3 Å². The zero-order valence-electron chi connectivity index (χ0n) is 14.8. The van der Waals surface area contributed by atoms with E-state index in [-0.39, 0.29) is 24.2 Å². The zero-order valence-corrected chi connectivity index (χ0v) is 14.8. The monoisotopic (exact) mass is 373 g/mol. The van der Waals surface area contributed by atoms with E-state index < -0.39 is 5.66 Å². The molecule has 138 valence electrons. The molecule has 2 N–H and O–H groups in total. The lowest BCUT2D eigenvalue weighted by atomic mass is 9.96. The van der Waals surface area contributed by atoms with E-state index in [4.69, 9.17) is 0 Å². The summed E-state index contributed by atoms with van der Waals surface area (Å²) in [5, 5.41) is 6.07. The number of hydrogen-bond acceptors (Lipinski definition) is 3. The minimum atomic E-state index is -1.41. The molecule has 0 bridgehead atoms. The van der Waals surface area contributed by atoms with Crippen LogP contribution in [0, 0.1) is 5.82 Å². The summed E-state index contributed by atoms with van der Waals surface area (Å²) in [7, 11) is 0. The minimum absolute atomic E-state index is 0.0729. The van der Waals surface area contributed by atoms with Gasteiger partial charge in [0.2, 0.25) is 5.66 Å². The number of amides is 2. The van der Waals surface area contributed by atoms with Gasteiger partial charge in [-0.25, -0.2) is 4.39 Å². The standard InChI is InChI=1S/C22H16FN3O2/c23-17-10-4-1-7-14(17)13-26-19-12-6-3-9-16(19)22(21(26)28)24-18-11-5-2-8-15(18)20(27)25-22/h1-12,24H,13H2,(H,25,27)/t22-/m0/s1. The third kappa shape index (κ3) is 2.24. The molecule has 2 aliphatic rings. The van der Waals surface area contributed by atoms with Crippen molar-refractivity contribution in [3.8, 4) is 0 Å². The van der Waals surface area contributed by atoms with Gasteiger partial charge in [-0.15, -0.1) is 0 Å². The number of halogens is 1. The molecule has 3 aromatic rings. The number of hydrogen-bond donors (Lipinski definition) is 2. The van der Waals surface area contributed by atoms with Crippen LogP contribution in [0.5, 0.6) is 0 Å². The van der Waals surface area contributed by atoms with Gasteiger partial charge in [0.05, 0.1) is 17.8 Å². The van der Waals surface area contributed by atoms with Crippen LogP contribution in [0.15, 0.2) is 72.8 Å². The topological polar surface area (TPSA) is 61.4 Å². The summed E-state index contributed by atoms with van der Waals surface area (Å²) < 4.78 is 14.2. The summed E-state index contributed by atoms with van der Waals surface area (Å²) in [6, 6.07) is 20.6. The first kappa shape index (κ1) is 16.5. The zero-order chi connectivity index (χ0) is 19.3. The van der Waals surface area contributed by atoms with Crippen molar-refractivity contribution in [1.82, 2.24) is 5.32 Å². The van der Waals surface area contributed by atoms with E-state index in [1.165, 1.54) is 11.0 Å². The molecule has 0 radical (unpaired) electrons. The molecule has 1 atom stereocenters. The minimum Gasteiger partial charge on any atom is -0.350 e. The number of carbonyl (C=O) groups excluding carboxylic acids is 2. The Morgan fingerprint density at radius 3 is 2.43 bits per heavy atom. The van der Waals surface area contributed by atoms with E-state index in [0.717, 1.165) is 0 Å². The maximum Gasteiger partial charge on any atom is 0.278 e. The molecule has 5 rings (SSSR count). The van der Waals surface area contributed by atoms with E-state index in [9.17, 15) is 14.0 Å². The Kier molecular flexibility index (Phi) is 3.49. The van der Waals surface area contributed by atoms with Gasteiger partial charge in [0.1, 0.15) is 5.82 Å². The number of nitrogens with one attached hydrogen (secondary N) is 2. The fourth-order valence-corrected chi connectivity index (χ4v) is 3.91. The number of carbonyl (C=O) groups is 2. The number of benzene rings is 3. The summed E-state index contributed by atoms with van der Waals surface area (Å²) in [4.78, 5) is 27.8. The summed E-state index contributed by atoms with van der Waals surface area (Å²) in [5.74, 6) is -1.05. The van der Waals surface area contributed by atoms with Crippen molar-refractivity contribution in [2.75, 3.05) is 10.2 Å². The van der Waals surface area contributed by atoms with E-state index in [1.807, 2.05) is 12.1 Å². The first-order valence-electron chi connectivity index (χ1n) is 8.95. The lowest BCUT2D eigenvalue weighted by Crippen LogP contribution is -2.60. The van der Waals surface area contributed by atoms with Crippen molar-refractivity contribution in [2.45, 2.75) is 12.2 Å². The second-order valence-electron chi connectivity index (χ2n) is 6.87. The van der Waals surface area contributed by atoms with Crippen LogP contribution in [-0.2, 0) is 17.0 Å². The second-order valence-corrected chi connectivity index (χ2v) is 6.87. The molecule has 0 aliphatic carbocycles. The van der Waals surface area contributed by atoms with E-state index in [2.05, 4.69) is 10.6 Å². The Morgan fingerprint density at radius 2 is 1.57 bits per heavy atom. The van der Waals surface area contributed by atoms with Crippen molar-refractivity contribution in [1.29, 1.82) is 0 Å². The largest absolute Gasteiger partial charge is 0.350 e. The van der Waals surface area contributed by atoms with Crippen molar-refractivity contribution >= 4 is 23.2 Å². The van der Waals surface area contributed by atoms with Gasteiger partial charge in [0.15, 0.2) is 0 Å². The molecule has 2 amide bonds. The van der Waals surface area contributed by atoms with Gasteiger partial charge in [-0.2, -0.15) is 0 Å². The Hall–Kier alpha value is -3.67. The highest BCUT2D eigenvalue weighted by Crippen LogP contribution is 2.43. The number of para-hydroxylation sites is 2. The predicted octanol–water partition coefficient (Wildman–Crippen LogP) is 3.38. The van der Waals surface area contributed by atoms with Gasteiger partial charge in [0, 0.05) is 16.8 Å². The summed E-state index contributed by atoms with van der Waals surface area (Å²) in [6.45, 7) is 0.0729. The molecule has 0 aromatic heterocycles. The van der Waals surface area contributed by atoms with Crippen molar-refractivity contribution in [2.24, 2.45) is 0 Å². The number of anilines is 2. The highest BCUT2D eigenvalue weighted by Gasteiger charge is 2.54. The van der Waals surface area contributed by atoms with Gasteiger partial charge in [-0.1, -0.05) is 48.5 Å². The Bertz CT molecular complexity index is 1130. The Labute approximate surface area is 160 Å². The molecule has 28 heavy (non-hydrogen) atoms. The lowest BCUT2D eigenvalue weighted by Gasteiger charge is -2.36. The molecular weight excluding hydrogens is 357 g/mol. The molecule has 0 saturated carbocycles. The first-order chi connectivity index (χ1) is 13.6. The number of nitrogens with zero attached hydrogens (tertiary/aromatic N) is 1. The van der Waals surface area contributed by atoms with Crippen LogP contribution in [0.3, 0.4) is 0 Å². The molecule has 2 heterocycles. The third-order valence-corrected chi connectivity index (χ3v) is 5.25. The quantitative estimate of drug-likeness (QED) is 0.724. The lowest BCUT2D eigenvalue weighted by molar-refractivity contribution is -0.123. The predicted molar refractivity (Wildman–Crippen MR) is 103 cm³/mol. The highest BCUT2D eigenvalue weighted by molar-refractivity contribution is 6.15. The van der Waals surface area contributed by atoms with Crippen LogP contribution in [0.25, 0.3) is 0 Å². The molecule has 3 aromatic carbocycles. The Balaban J connectivity index is 1.63. The molecule has 2 aliphatic heterocycles. The van der Waals surface area contributed by atoms with Crippen molar-refractivity contribution < 1.29 is 14.0 Å². The molecule has 1 spiro atoms. The molecule has 5 nitrogen and oxygen atoms in total. The van der Waals surface area contributed by atoms with Crippen LogP contribution in [0.2, 0.25) is 0 Å². The van der Waals surface area contributed by atoms with Crippen LogP contribution in [0.1, 0.15) is 21.5 Å². The second kappa shape index (κ2) is 5.92. The molecule has 0 unspecified atom stereocenters. The SMILES string of the molecule is O=C1N[C@]2(Nc3ccccc31)C(=O)N(Cc1ccccc1F)c1ccccc12. The van der Waals surface area contributed by atoms with Crippen LogP contribution in [0.4, 0.5) is 15.8 Å².